The molecule has 2 aromatic rings. The van der Waals surface area contributed by atoms with Gasteiger partial charge in [-0.25, -0.2) is 0 Å². The van der Waals surface area contributed by atoms with Gasteiger partial charge in [0.15, 0.2) is 6.61 Å². The first-order valence-corrected chi connectivity index (χ1v) is 11.0. The highest BCUT2D eigenvalue weighted by atomic mass is 16.5. The molecule has 176 valence electrons. The molecular formula is C25H36N2O5. The number of aryl methyl sites for hydroxylation is 2. The number of hydrogen-bond acceptors (Lipinski definition) is 6. The molecule has 0 spiro atoms. The van der Waals surface area contributed by atoms with Crippen LogP contribution in [0.5, 0.6) is 11.5 Å². The van der Waals surface area contributed by atoms with Gasteiger partial charge in [0.1, 0.15) is 11.5 Å². The Labute approximate surface area is 190 Å². The molecule has 2 unspecified atom stereocenters. The zero-order valence-corrected chi connectivity index (χ0v) is 19.5. The maximum atomic E-state index is 11.7. The van der Waals surface area contributed by atoms with Crippen molar-refractivity contribution in [2.45, 2.75) is 44.8 Å². The Morgan fingerprint density at radius 2 is 1.94 bits per heavy atom. The predicted molar refractivity (Wildman–Crippen MR) is 125 cm³/mol. The smallest absolute Gasteiger partial charge is 0.259 e. The minimum absolute atomic E-state index is 0.0338. The van der Waals surface area contributed by atoms with Crippen LogP contribution in [0, 0.1) is 0 Å². The molecule has 4 N–H and O–H groups in total. The molecule has 0 aromatic heterocycles. The first kappa shape index (κ1) is 25.6. The molecule has 0 radical (unpaired) electrons. The molecule has 7 nitrogen and oxygen atoms in total. The number of ether oxygens (including phenoxy) is 1. The molecule has 7 heteroatoms. The van der Waals surface area contributed by atoms with Crippen LogP contribution in [-0.4, -0.2) is 66.5 Å². The van der Waals surface area contributed by atoms with Crippen LogP contribution in [0.2, 0.25) is 0 Å². The summed E-state index contributed by atoms with van der Waals surface area (Å²) in [6.45, 7) is 2.48. The lowest BCUT2D eigenvalue weighted by molar-refractivity contribution is -0.130. The molecule has 3 rings (SSSR count). The second-order valence-electron chi connectivity index (χ2n) is 8.11. The summed E-state index contributed by atoms with van der Waals surface area (Å²) in [5.41, 5.74) is 4.19. The summed E-state index contributed by atoms with van der Waals surface area (Å²) in [6.07, 6.45) is 2.94. The lowest BCUT2D eigenvalue weighted by Crippen LogP contribution is -2.37. The second-order valence-corrected chi connectivity index (χ2v) is 8.11. The fourth-order valence-electron chi connectivity index (χ4n) is 3.76. The molecule has 0 saturated heterocycles. The van der Waals surface area contributed by atoms with Crippen molar-refractivity contribution in [3.8, 4) is 11.5 Å². The van der Waals surface area contributed by atoms with Gasteiger partial charge in [0.05, 0.1) is 6.10 Å². The topological polar surface area (TPSA) is 102 Å². The molecule has 1 aliphatic rings. The summed E-state index contributed by atoms with van der Waals surface area (Å²) < 4.78 is 5.65. The fraction of sp³-hybridized carbons (Fsp3) is 0.480. The Hall–Kier alpha value is -2.61. The van der Waals surface area contributed by atoms with Crippen molar-refractivity contribution in [3.05, 3.63) is 58.7 Å². The lowest BCUT2D eigenvalue weighted by Gasteiger charge is -2.27. The monoisotopic (exact) mass is 444 g/mol. The van der Waals surface area contributed by atoms with Gasteiger partial charge in [0.25, 0.3) is 5.91 Å². The molecule has 32 heavy (non-hydrogen) atoms. The van der Waals surface area contributed by atoms with Crippen LogP contribution in [0.4, 0.5) is 0 Å². The number of aliphatic hydroxyl groups excluding tert-OH is 2. The van der Waals surface area contributed by atoms with E-state index in [2.05, 4.69) is 11.4 Å². The van der Waals surface area contributed by atoms with E-state index < -0.39 is 6.10 Å². The largest absolute Gasteiger partial charge is 0.508 e. The van der Waals surface area contributed by atoms with Crippen LogP contribution in [-0.2, 0) is 24.1 Å². The average Bonchev–Trinajstić information content (AvgIpc) is 2.82. The van der Waals surface area contributed by atoms with Crippen LogP contribution in [0.1, 0.15) is 41.7 Å². The number of hydrogen-bond donors (Lipinski definition) is 4. The Morgan fingerprint density at radius 1 is 1.19 bits per heavy atom. The van der Waals surface area contributed by atoms with Crippen LogP contribution in [0.25, 0.3) is 0 Å². The van der Waals surface area contributed by atoms with E-state index in [4.69, 9.17) is 9.84 Å². The van der Waals surface area contributed by atoms with Gasteiger partial charge >= 0.3 is 0 Å². The van der Waals surface area contributed by atoms with Gasteiger partial charge in [0.2, 0.25) is 0 Å². The van der Waals surface area contributed by atoms with Crippen molar-refractivity contribution in [3.63, 3.8) is 0 Å². The molecule has 1 aliphatic carbocycles. The molecule has 0 bridgehead atoms. The lowest BCUT2D eigenvalue weighted by atomic mass is 9.88. The maximum Gasteiger partial charge on any atom is 0.259 e. The highest BCUT2D eigenvalue weighted by Gasteiger charge is 2.20. The first-order chi connectivity index (χ1) is 15.4. The molecule has 0 fully saturated rings. The Kier molecular flexibility index (Phi) is 9.97. The molecular weight excluding hydrogens is 408 g/mol. The highest BCUT2D eigenvalue weighted by Crippen LogP contribution is 2.27. The minimum atomic E-state index is -0.621. The molecule has 2 aromatic carbocycles. The summed E-state index contributed by atoms with van der Waals surface area (Å²) in [5.74, 6) is 0.915. The van der Waals surface area contributed by atoms with Crippen molar-refractivity contribution < 1.29 is 24.9 Å². The highest BCUT2D eigenvalue weighted by molar-refractivity contribution is 5.77. The van der Waals surface area contributed by atoms with Crippen molar-refractivity contribution >= 4 is 5.91 Å². The van der Waals surface area contributed by atoms with Crippen molar-refractivity contribution in [2.75, 3.05) is 34.4 Å². The van der Waals surface area contributed by atoms with Gasteiger partial charge in [-0.3, -0.25) is 4.79 Å². The summed E-state index contributed by atoms with van der Waals surface area (Å²) in [5, 5.41) is 30.9. The number of benzene rings is 2. The number of carbonyl (C=O) groups excluding carboxylic acids is 1. The number of aliphatic hydroxyl groups is 2. The van der Waals surface area contributed by atoms with Crippen molar-refractivity contribution in [2.24, 2.45) is 0 Å². The average molecular weight is 445 g/mol. The van der Waals surface area contributed by atoms with Crippen molar-refractivity contribution in [1.29, 1.82) is 0 Å². The van der Waals surface area contributed by atoms with Crippen LogP contribution in [0.15, 0.2) is 36.4 Å². The number of fused-ring (bicyclic) bond motifs is 1. The van der Waals surface area contributed by atoms with E-state index in [1.54, 1.807) is 26.2 Å². The predicted octanol–water partition coefficient (Wildman–Crippen LogP) is 2.21. The van der Waals surface area contributed by atoms with E-state index in [1.807, 2.05) is 25.1 Å². The number of rotatable bonds is 8. The Morgan fingerprint density at radius 3 is 2.62 bits per heavy atom. The maximum absolute atomic E-state index is 11.7. The summed E-state index contributed by atoms with van der Waals surface area (Å²) >= 11 is 0. The van der Waals surface area contributed by atoms with Gasteiger partial charge < -0.3 is 30.3 Å². The van der Waals surface area contributed by atoms with Gasteiger partial charge in [-0.15, -0.1) is 0 Å². The number of likely N-dealkylation sites (N-methyl/N-ethyl adjacent to an activating group) is 1. The zero-order chi connectivity index (χ0) is 23.7. The normalized spacial score (nSPS) is 15.8. The third-order valence-corrected chi connectivity index (χ3v) is 5.74. The summed E-state index contributed by atoms with van der Waals surface area (Å²) in [4.78, 5) is 13.3. The van der Waals surface area contributed by atoms with Crippen molar-refractivity contribution in [1.82, 2.24) is 10.2 Å². The number of phenolic OH excluding ortho intramolecular Hbond substituents is 1. The number of nitrogens with one attached hydrogen (secondary N) is 1. The van der Waals surface area contributed by atoms with Gasteiger partial charge in [0, 0.05) is 33.8 Å². The molecule has 0 saturated carbocycles. The van der Waals surface area contributed by atoms with Crippen LogP contribution >= 0.6 is 0 Å². The third kappa shape index (κ3) is 6.95. The summed E-state index contributed by atoms with van der Waals surface area (Å²) in [6, 6.07) is 11.6. The zero-order valence-electron chi connectivity index (χ0n) is 19.5. The van der Waals surface area contributed by atoms with E-state index in [9.17, 15) is 15.0 Å². The SMILES string of the molecule is CCc1cc(C(O)CNC2CCc3ccc(OCC(=O)N(C)C)cc3C2)ccc1O.CO. The minimum Gasteiger partial charge on any atom is -0.508 e. The van der Waals surface area contributed by atoms with E-state index in [0.29, 0.717) is 12.3 Å². The standard InChI is InChI=1S/C24H32N2O4.CH4O/c1-4-16-11-18(7-10-22(16)27)23(28)14-25-20-8-5-17-6-9-21(13-19(17)12-20)30-15-24(29)26(2)3;1-2/h6-7,9-11,13,20,23,25,27-28H,4-5,8,12,14-15H2,1-3H3;2H,1H3. The van der Waals surface area contributed by atoms with Gasteiger partial charge in [-0.2, -0.15) is 0 Å². The molecule has 0 aliphatic heterocycles. The second kappa shape index (κ2) is 12.4. The van der Waals surface area contributed by atoms with E-state index in [1.165, 1.54) is 16.0 Å². The third-order valence-electron chi connectivity index (χ3n) is 5.74. The van der Waals surface area contributed by atoms with E-state index in [0.717, 1.165) is 43.9 Å². The van der Waals surface area contributed by atoms with E-state index >= 15 is 0 Å². The fourth-order valence-corrected chi connectivity index (χ4v) is 3.76. The first-order valence-electron chi connectivity index (χ1n) is 11.0. The van der Waals surface area contributed by atoms with Crippen LogP contribution in [0.3, 0.4) is 0 Å². The number of nitrogens with zero attached hydrogens (tertiary/aromatic N) is 1. The molecule has 2 atom stereocenters. The Bertz CT molecular complexity index is 885. The quantitative estimate of drug-likeness (QED) is 0.498. The van der Waals surface area contributed by atoms with Gasteiger partial charge in [-0.05, 0) is 72.2 Å². The van der Waals surface area contributed by atoms with Crippen LogP contribution < -0.4 is 10.1 Å². The number of phenols is 1. The summed E-state index contributed by atoms with van der Waals surface area (Å²) in [7, 11) is 4.43. The molecule has 0 heterocycles. The Balaban J connectivity index is 0.00000176. The molecule has 1 amide bonds. The number of aromatic hydroxyl groups is 1. The number of carbonyl (C=O) groups is 1. The van der Waals surface area contributed by atoms with E-state index in [-0.39, 0.29) is 24.3 Å². The number of amides is 1. The van der Waals surface area contributed by atoms with Gasteiger partial charge in [-0.1, -0.05) is 19.1 Å².